The largest absolute Gasteiger partial charge is 0.385 e. The minimum absolute atomic E-state index is 0.0732. The molecule has 0 fully saturated rings. The molecule has 0 spiro atoms. The Hall–Kier alpha value is -2.36. The highest BCUT2D eigenvalue weighted by Gasteiger charge is 2.24. The Morgan fingerprint density at radius 1 is 1.05 bits per heavy atom. The quantitative estimate of drug-likeness (QED) is 0.845. The zero-order chi connectivity index (χ0) is 13.4. The van der Waals surface area contributed by atoms with Crippen LogP contribution in [0.5, 0.6) is 0 Å². The average molecular weight is 254 g/mol. The van der Waals surface area contributed by atoms with E-state index in [0.717, 1.165) is 17.8 Å². The van der Waals surface area contributed by atoms with Crippen molar-refractivity contribution in [1.29, 1.82) is 0 Å². The van der Waals surface area contributed by atoms with Gasteiger partial charge in [-0.3, -0.25) is 14.2 Å². The van der Waals surface area contributed by atoms with Crippen LogP contribution >= 0.6 is 0 Å². The number of aromatic nitrogens is 1. The molecule has 2 aromatic rings. The summed E-state index contributed by atoms with van der Waals surface area (Å²) in [6, 6.07) is 10.9. The molecule has 3 rings (SSSR count). The van der Waals surface area contributed by atoms with E-state index in [9.17, 15) is 9.59 Å². The molecule has 19 heavy (non-hydrogen) atoms. The first kappa shape index (κ1) is 11.7. The summed E-state index contributed by atoms with van der Waals surface area (Å²) < 4.78 is 1.81. The van der Waals surface area contributed by atoms with Crippen LogP contribution in [-0.2, 0) is 6.42 Å². The van der Waals surface area contributed by atoms with E-state index in [0.29, 0.717) is 24.2 Å². The molecule has 2 N–H and O–H groups in total. The number of ketones is 1. The molecule has 0 aliphatic heterocycles. The molecular formula is C15H14N2O2. The number of nitrogens with zero attached hydrogens (tertiary/aromatic N) is 1. The van der Waals surface area contributed by atoms with E-state index in [2.05, 4.69) is 0 Å². The maximum atomic E-state index is 12.0. The monoisotopic (exact) mass is 254 g/mol. The minimum Gasteiger partial charge on any atom is -0.385 e. The SMILES string of the molecule is Nc1cc(=O)c2c(n1-c1ccccc1)CCCC2=O. The molecule has 0 amide bonds. The van der Waals surface area contributed by atoms with E-state index in [1.165, 1.54) is 6.07 Å². The second-order valence-corrected chi connectivity index (χ2v) is 4.70. The third-order valence-electron chi connectivity index (χ3n) is 3.45. The van der Waals surface area contributed by atoms with Crippen LogP contribution in [0.2, 0.25) is 0 Å². The highest BCUT2D eigenvalue weighted by Crippen LogP contribution is 2.24. The summed E-state index contributed by atoms with van der Waals surface area (Å²) >= 11 is 0. The van der Waals surface area contributed by atoms with Crippen LogP contribution in [-0.4, -0.2) is 10.4 Å². The average Bonchev–Trinajstić information content (AvgIpc) is 2.39. The number of nitrogen functional groups attached to an aromatic ring is 1. The van der Waals surface area contributed by atoms with Gasteiger partial charge in [-0.15, -0.1) is 0 Å². The van der Waals surface area contributed by atoms with Gasteiger partial charge in [0, 0.05) is 23.9 Å². The Morgan fingerprint density at radius 3 is 2.53 bits per heavy atom. The Labute approximate surface area is 110 Å². The lowest BCUT2D eigenvalue weighted by Crippen LogP contribution is -2.27. The predicted octanol–water partition coefficient (Wildman–Crippen LogP) is 1.94. The molecule has 0 saturated heterocycles. The Bertz CT molecular complexity index is 702. The van der Waals surface area contributed by atoms with Crippen LogP contribution in [0, 0.1) is 0 Å². The van der Waals surface area contributed by atoms with Crippen LogP contribution in [0.3, 0.4) is 0 Å². The molecule has 1 aliphatic carbocycles. The standard InChI is InChI=1S/C15H14N2O2/c16-14-9-13(19)15-11(7-4-8-12(15)18)17(14)10-5-2-1-3-6-10/h1-3,5-6,9H,4,7-8,16H2. The smallest absolute Gasteiger partial charge is 0.194 e. The number of rotatable bonds is 1. The van der Waals surface area contributed by atoms with Gasteiger partial charge in [-0.25, -0.2) is 0 Å². The lowest BCUT2D eigenvalue weighted by atomic mass is 9.93. The summed E-state index contributed by atoms with van der Waals surface area (Å²) in [5.41, 5.74) is 7.65. The molecule has 0 bridgehead atoms. The first-order chi connectivity index (χ1) is 9.18. The second-order valence-electron chi connectivity index (χ2n) is 4.70. The van der Waals surface area contributed by atoms with E-state index in [1.54, 1.807) is 0 Å². The normalized spacial score (nSPS) is 14.2. The van der Waals surface area contributed by atoms with Crippen LogP contribution < -0.4 is 11.2 Å². The number of fused-ring (bicyclic) bond motifs is 1. The van der Waals surface area contributed by atoms with E-state index in [4.69, 9.17) is 5.73 Å². The van der Waals surface area contributed by atoms with E-state index >= 15 is 0 Å². The van der Waals surface area contributed by atoms with Crippen LogP contribution in [0.1, 0.15) is 28.9 Å². The summed E-state index contributed by atoms with van der Waals surface area (Å²) in [6.07, 6.45) is 1.92. The van der Waals surface area contributed by atoms with Gasteiger partial charge in [0.05, 0.1) is 5.56 Å². The molecule has 0 unspecified atom stereocenters. The third kappa shape index (κ3) is 1.85. The van der Waals surface area contributed by atoms with Crippen molar-refractivity contribution in [3.05, 3.63) is 57.9 Å². The number of carbonyl (C=O) groups excluding carboxylic acids is 1. The number of anilines is 1. The third-order valence-corrected chi connectivity index (χ3v) is 3.45. The van der Waals surface area contributed by atoms with Crippen molar-refractivity contribution >= 4 is 11.6 Å². The highest BCUT2D eigenvalue weighted by molar-refractivity contribution is 5.98. The van der Waals surface area contributed by atoms with Crippen molar-refractivity contribution in [1.82, 2.24) is 4.57 Å². The van der Waals surface area contributed by atoms with E-state index < -0.39 is 0 Å². The highest BCUT2D eigenvalue weighted by atomic mass is 16.1. The molecule has 0 atom stereocenters. The summed E-state index contributed by atoms with van der Waals surface area (Å²) in [5.74, 6) is 0.306. The molecule has 4 nitrogen and oxygen atoms in total. The maximum absolute atomic E-state index is 12.0. The Kier molecular flexibility index (Phi) is 2.71. The molecule has 1 aliphatic rings. The lowest BCUT2D eigenvalue weighted by molar-refractivity contribution is 0.0970. The zero-order valence-electron chi connectivity index (χ0n) is 10.4. The van der Waals surface area contributed by atoms with Crippen molar-refractivity contribution in [3.63, 3.8) is 0 Å². The molecule has 0 radical (unpaired) electrons. The molecule has 1 aromatic carbocycles. The fourth-order valence-corrected chi connectivity index (χ4v) is 2.64. The first-order valence-electron chi connectivity index (χ1n) is 6.31. The van der Waals surface area contributed by atoms with Crippen molar-refractivity contribution in [2.45, 2.75) is 19.3 Å². The van der Waals surface area contributed by atoms with Crippen molar-refractivity contribution in [2.75, 3.05) is 5.73 Å². The van der Waals surface area contributed by atoms with Gasteiger partial charge >= 0.3 is 0 Å². The number of pyridine rings is 1. The number of carbonyl (C=O) groups is 1. The van der Waals surface area contributed by atoms with Gasteiger partial charge in [0.15, 0.2) is 11.2 Å². The molecular weight excluding hydrogens is 240 g/mol. The van der Waals surface area contributed by atoms with Gasteiger partial charge < -0.3 is 5.73 Å². The van der Waals surface area contributed by atoms with Crippen LogP contribution in [0.15, 0.2) is 41.2 Å². The number of para-hydroxylation sites is 1. The van der Waals surface area contributed by atoms with Crippen molar-refractivity contribution in [3.8, 4) is 5.69 Å². The summed E-state index contributed by atoms with van der Waals surface area (Å²) in [6.45, 7) is 0. The van der Waals surface area contributed by atoms with Gasteiger partial charge in [0.25, 0.3) is 0 Å². The summed E-state index contributed by atoms with van der Waals surface area (Å²) in [4.78, 5) is 23.9. The zero-order valence-corrected chi connectivity index (χ0v) is 10.4. The second kappa shape index (κ2) is 4.39. The number of nitrogens with two attached hydrogens (primary N) is 1. The number of hydrogen-bond acceptors (Lipinski definition) is 3. The van der Waals surface area contributed by atoms with Gasteiger partial charge in [0.1, 0.15) is 5.82 Å². The fourth-order valence-electron chi connectivity index (χ4n) is 2.64. The Morgan fingerprint density at radius 2 is 1.79 bits per heavy atom. The van der Waals surface area contributed by atoms with Gasteiger partial charge in [0.2, 0.25) is 0 Å². The topological polar surface area (TPSA) is 65.1 Å². The van der Waals surface area contributed by atoms with Gasteiger partial charge in [-0.05, 0) is 25.0 Å². The maximum Gasteiger partial charge on any atom is 0.194 e. The van der Waals surface area contributed by atoms with Gasteiger partial charge in [-0.2, -0.15) is 0 Å². The molecule has 4 heteroatoms. The molecule has 0 saturated carbocycles. The van der Waals surface area contributed by atoms with Crippen molar-refractivity contribution in [2.24, 2.45) is 0 Å². The summed E-state index contributed by atoms with van der Waals surface area (Å²) in [7, 11) is 0. The number of benzene rings is 1. The molecule has 1 aromatic heterocycles. The van der Waals surface area contributed by atoms with Crippen LogP contribution in [0.25, 0.3) is 5.69 Å². The first-order valence-corrected chi connectivity index (χ1v) is 6.31. The predicted molar refractivity (Wildman–Crippen MR) is 73.7 cm³/mol. The van der Waals surface area contributed by atoms with E-state index in [-0.39, 0.29) is 11.2 Å². The minimum atomic E-state index is -0.260. The molecule has 96 valence electrons. The number of hydrogen-bond donors (Lipinski definition) is 1. The lowest BCUT2D eigenvalue weighted by Gasteiger charge is -2.22. The number of Topliss-reactive ketones (excluding diaryl/α,β-unsaturated/α-hetero) is 1. The van der Waals surface area contributed by atoms with E-state index in [1.807, 2.05) is 34.9 Å². The van der Waals surface area contributed by atoms with Crippen LogP contribution in [0.4, 0.5) is 5.82 Å². The van der Waals surface area contributed by atoms with Crippen molar-refractivity contribution < 1.29 is 4.79 Å². The Balaban J connectivity index is 2.34. The molecule has 1 heterocycles. The summed E-state index contributed by atoms with van der Waals surface area (Å²) in [5, 5.41) is 0. The van der Waals surface area contributed by atoms with Gasteiger partial charge in [-0.1, -0.05) is 18.2 Å². The fraction of sp³-hybridized carbons (Fsp3) is 0.200.